The normalized spacial score (nSPS) is 20.9. The van der Waals surface area contributed by atoms with Crippen LogP contribution in [0.1, 0.15) is 122 Å². The van der Waals surface area contributed by atoms with E-state index in [1.165, 1.54) is 76.2 Å². The summed E-state index contributed by atoms with van der Waals surface area (Å²) < 4.78 is 12.2. The van der Waals surface area contributed by atoms with Crippen molar-refractivity contribution < 1.29 is 14.3 Å². The van der Waals surface area contributed by atoms with Crippen LogP contribution < -0.4 is 0 Å². The van der Waals surface area contributed by atoms with Gasteiger partial charge in [0, 0.05) is 6.42 Å². The largest absolute Gasteiger partial charge is 0.462 e. The van der Waals surface area contributed by atoms with Crippen LogP contribution in [0.5, 0.6) is 0 Å². The van der Waals surface area contributed by atoms with Crippen molar-refractivity contribution in [2.45, 2.75) is 135 Å². The van der Waals surface area contributed by atoms with Crippen molar-refractivity contribution in [2.75, 3.05) is 0 Å². The Morgan fingerprint density at radius 1 is 0.781 bits per heavy atom. The maximum atomic E-state index is 12.8. The van der Waals surface area contributed by atoms with Gasteiger partial charge in [0.05, 0.1) is 18.6 Å². The molecule has 1 fully saturated rings. The summed E-state index contributed by atoms with van der Waals surface area (Å²) in [4.78, 5) is 12.8. The second kappa shape index (κ2) is 17.2. The van der Waals surface area contributed by atoms with E-state index in [-0.39, 0.29) is 24.1 Å². The molecule has 0 amide bonds. The summed E-state index contributed by atoms with van der Waals surface area (Å²) in [5.41, 5.74) is 1.17. The molecule has 1 aromatic carbocycles. The molecule has 1 aliphatic rings. The van der Waals surface area contributed by atoms with E-state index in [2.05, 4.69) is 26.0 Å². The molecule has 0 unspecified atom stereocenters. The van der Waals surface area contributed by atoms with Crippen molar-refractivity contribution in [3.05, 3.63) is 35.9 Å². The van der Waals surface area contributed by atoms with Gasteiger partial charge in [-0.3, -0.25) is 4.79 Å². The summed E-state index contributed by atoms with van der Waals surface area (Å²) in [7, 11) is 0. The molecule has 2 rings (SSSR count). The van der Waals surface area contributed by atoms with Crippen LogP contribution in [0.3, 0.4) is 0 Å². The highest BCUT2D eigenvalue weighted by atomic mass is 16.6. The Balaban J connectivity index is 1.75. The highest BCUT2D eigenvalue weighted by Crippen LogP contribution is 2.31. The minimum absolute atomic E-state index is 0.0124. The number of esters is 1. The number of hydrogen-bond donors (Lipinski definition) is 0. The van der Waals surface area contributed by atoms with Crippen LogP contribution in [-0.2, 0) is 20.9 Å². The molecule has 0 spiro atoms. The molecule has 1 saturated heterocycles. The van der Waals surface area contributed by atoms with E-state index in [4.69, 9.17) is 9.47 Å². The standard InChI is InChI=1S/C29H48O3/c1-3-5-7-9-10-11-12-13-17-21-26-23-28(31-24-25-19-15-14-16-20-25)27(29(30)32-26)22-18-8-6-4-2/h14-16,19-20,26-28H,3-13,17-18,21-24H2,1-2H3/t26-,27+,28+/m1/s1. The third-order valence-corrected chi connectivity index (χ3v) is 6.83. The fourth-order valence-corrected chi connectivity index (χ4v) is 4.79. The first-order valence-corrected chi connectivity index (χ1v) is 13.6. The highest BCUT2D eigenvalue weighted by Gasteiger charge is 2.38. The van der Waals surface area contributed by atoms with E-state index < -0.39 is 0 Å². The zero-order valence-corrected chi connectivity index (χ0v) is 20.9. The molecule has 0 radical (unpaired) electrons. The van der Waals surface area contributed by atoms with Gasteiger partial charge in [0.2, 0.25) is 0 Å². The minimum Gasteiger partial charge on any atom is -0.462 e. The fourth-order valence-electron chi connectivity index (χ4n) is 4.79. The number of carbonyl (C=O) groups is 1. The first-order valence-electron chi connectivity index (χ1n) is 13.6. The molecular formula is C29H48O3. The molecule has 0 aromatic heterocycles. The number of rotatable bonds is 18. The van der Waals surface area contributed by atoms with E-state index in [9.17, 15) is 4.79 Å². The molecule has 0 bridgehead atoms. The van der Waals surface area contributed by atoms with Gasteiger partial charge >= 0.3 is 5.97 Å². The SMILES string of the molecule is CCCCCCCCCCC[C@@H]1C[C@H](OCc2ccccc2)[C@H](CCCCCC)C(=O)O1. The van der Waals surface area contributed by atoms with Gasteiger partial charge in [-0.2, -0.15) is 0 Å². The van der Waals surface area contributed by atoms with E-state index in [0.717, 1.165) is 32.1 Å². The zero-order chi connectivity index (χ0) is 22.9. The Kier molecular flexibility index (Phi) is 14.4. The number of unbranched alkanes of at least 4 members (excludes halogenated alkanes) is 11. The molecule has 3 nitrogen and oxygen atoms in total. The van der Waals surface area contributed by atoms with Crippen molar-refractivity contribution in [3.8, 4) is 0 Å². The Bertz CT molecular complexity index is 585. The summed E-state index contributed by atoms with van der Waals surface area (Å²) in [6.45, 7) is 5.07. The molecule has 3 heteroatoms. The third kappa shape index (κ3) is 11.0. The summed E-state index contributed by atoms with van der Waals surface area (Å²) in [6.07, 6.45) is 19.3. The van der Waals surface area contributed by atoms with Crippen LogP contribution in [0.4, 0.5) is 0 Å². The van der Waals surface area contributed by atoms with Gasteiger partial charge in [0.15, 0.2) is 0 Å². The smallest absolute Gasteiger partial charge is 0.311 e. The van der Waals surface area contributed by atoms with Crippen LogP contribution in [0.25, 0.3) is 0 Å². The van der Waals surface area contributed by atoms with Gasteiger partial charge in [-0.15, -0.1) is 0 Å². The topological polar surface area (TPSA) is 35.5 Å². The predicted octanol–water partition coefficient (Wildman–Crippen LogP) is 8.39. The van der Waals surface area contributed by atoms with Crippen LogP contribution in [0.2, 0.25) is 0 Å². The first-order chi connectivity index (χ1) is 15.7. The van der Waals surface area contributed by atoms with Crippen LogP contribution in [0, 0.1) is 5.92 Å². The number of hydrogen-bond acceptors (Lipinski definition) is 3. The van der Waals surface area contributed by atoms with E-state index in [1.54, 1.807) is 0 Å². The molecule has 0 aliphatic carbocycles. The second-order valence-electron chi connectivity index (χ2n) is 9.70. The van der Waals surface area contributed by atoms with Gasteiger partial charge in [0.1, 0.15) is 6.10 Å². The van der Waals surface area contributed by atoms with Gasteiger partial charge in [-0.05, 0) is 24.8 Å². The first kappa shape index (κ1) is 26.9. The quantitative estimate of drug-likeness (QED) is 0.168. The maximum Gasteiger partial charge on any atom is 0.311 e. The molecule has 1 heterocycles. The molecular weight excluding hydrogens is 396 g/mol. The second-order valence-corrected chi connectivity index (χ2v) is 9.70. The van der Waals surface area contributed by atoms with E-state index in [1.807, 2.05) is 18.2 Å². The summed E-state index contributed by atoms with van der Waals surface area (Å²) >= 11 is 0. The van der Waals surface area contributed by atoms with Crippen molar-refractivity contribution in [2.24, 2.45) is 5.92 Å². The minimum atomic E-state index is -0.102. The molecule has 3 atom stereocenters. The molecule has 1 aromatic rings. The maximum absolute atomic E-state index is 12.8. The molecule has 182 valence electrons. The summed E-state index contributed by atoms with van der Waals surface area (Å²) in [5, 5.41) is 0. The lowest BCUT2D eigenvalue weighted by Crippen LogP contribution is -2.42. The Labute approximate surface area is 197 Å². The summed E-state index contributed by atoms with van der Waals surface area (Å²) in [5.74, 6) is -0.123. The van der Waals surface area contributed by atoms with Gasteiger partial charge in [-0.1, -0.05) is 121 Å². The average molecular weight is 445 g/mol. The average Bonchev–Trinajstić information content (AvgIpc) is 2.81. The summed E-state index contributed by atoms with van der Waals surface area (Å²) in [6, 6.07) is 10.3. The van der Waals surface area contributed by atoms with Crippen molar-refractivity contribution in [1.82, 2.24) is 0 Å². The van der Waals surface area contributed by atoms with Crippen molar-refractivity contribution in [1.29, 1.82) is 0 Å². The molecule has 0 saturated carbocycles. The predicted molar refractivity (Wildman–Crippen MR) is 134 cm³/mol. The van der Waals surface area contributed by atoms with Crippen LogP contribution in [0.15, 0.2) is 30.3 Å². The lowest BCUT2D eigenvalue weighted by Gasteiger charge is -2.35. The Morgan fingerprint density at radius 2 is 1.34 bits per heavy atom. The van der Waals surface area contributed by atoms with E-state index >= 15 is 0 Å². The third-order valence-electron chi connectivity index (χ3n) is 6.83. The van der Waals surface area contributed by atoms with Gasteiger partial charge < -0.3 is 9.47 Å². The van der Waals surface area contributed by atoms with Crippen LogP contribution in [-0.4, -0.2) is 18.2 Å². The number of benzene rings is 1. The Hall–Kier alpha value is -1.35. The number of ether oxygens (including phenoxy) is 2. The monoisotopic (exact) mass is 444 g/mol. The van der Waals surface area contributed by atoms with Crippen molar-refractivity contribution in [3.63, 3.8) is 0 Å². The Morgan fingerprint density at radius 3 is 2.00 bits per heavy atom. The van der Waals surface area contributed by atoms with E-state index in [0.29, 0.717) is 6.61 Å². The highest BCUT2D eigenvalue weighted by molar-refractivity contribution is 5.74. The van der Waals surface area contributed by atoms with Gasteiger partial charge in [-0.25, -0.2) is 0 Å². The number of cyclic esters (lactones) is 1. The van der Waals surface area contributed by atoms with Crippen LogP contribution >= 0.6 is 0 Å². The fraction of sp³-hybridized carbons (Fsp3) is 0.759. The van der Waals surface area contributed by atoms with Crippen molar-refractivity contribution >= 4 is 5.97 Å². The molecule has 32 heavy (non-hydrogen) atoms. The molecule has 0 N–H and O–H groups in total. The lowest BCUT2D eigenvalue weighted by atomic mass is 9.88. The van der Waals surface area contributed by atoms with Gasteiger partial charge in [0.25, 0.3) is 0 Å². The zero-order valence-electron chi connectivity index (χ0n) is 20.9. The molecule has 1 aliphatic heterocycles. The lowest BCUT2D eigenvalue weighted by molar-refractivity contribution is -0.176. The number of carbonyl (C=O) groups excluding carboxylic acids is 1.